The van der Waals surface area contributed by atoms with Crippen LogP contribution >= 0.6 is 0 Å². The monoisotopic (exact) mass is 522 g/mol. The fraction of sp³-hybridized carbons (Fsp3) is 0.786. The molecule has 1 aliphatic carbocycles. The van der Waals surface area contributed by atoms with Crippen LogP contribution in [0.1, 0.15) is 67.7 Å². The van der Waals surface area contributed by atoms with Gasteiger partial charge in [0.1, 0.15) is 12.2 Å². The standard InChI is InChI=1S/C28H50O5Si2/c1-21(17-19-31-24-14-12-13-18-30-24)15-16-22-20-23(32-34(8,9)27(2,3)4)26(25(22)29)33-35(10,11)28(5,6)7/h17,20,23-26,29H,12-14,18-19H2,1-11H3/b21-17-/t23-,24?,25+,26-/m1/s1. The fourth-order valence-electron chi connectivity index (χ4n) is 3.45. The van der Waals surface area contributed by atoms with E-state index in [0.29, 0.717) is 12.2 Å². The second-order valence-electron chi connectivity index (χ2n) is 13.0. The number of hydrogen-bond donors (Lipinski definition) is 1. The number of aliphatic hydroxyl groups excluding tert-OH is 1. The summed E-state index contributed by atoms with van der Waals surface area (Å²) in [6.07, 6.45) is 5.52. The molecule has 0 aromatic rings. The van der Waals surface area contributed by atoms with Gasteiger partial charge in [-0.2, -0.15) is 0 Å². The SMILES string of the molecule is C/C(C#CC1=C[C@@H](O[Si](C)(C)C(C)(C)C)[C@@H](O[Si](C)(C)C(C)(C)C)[C@H]1O)=C/COC1CCCCO1. The molecule has 1 unspecified atom stereocenters. The minimum atomic E-state index is -2.13. The van der Waals surface area contributed by atoms with Crippen LogP contribution in [0.5, 0.6) is 0 Å². The summed E-state index contributed by atoms with van der Waals surface area (Å²) < 4.78 is 24.9. The first-order valence-electron chi connectivity index (χ1n) is 13.1. The molecule has 0 spiro atoms. The predicted molar refractivity (Wildman–Crippen MR) is 149 cm³/mol. The summed E-state index contributed by atoms with van der Waals surface area (Å²) in [7, 11) is -4.21. The van der Waals surface area contributed by atoms with Crippen LogP contribution in [-0.4, -0.2) is 59.6 Å². The van der Waals surface area contributed by atoms with Crippen LogP contribution in [0.25, 0.3) is 0 Å². The van der Waals surface area contributed by atoms with Gasteiger partial charge in [0.25, 0.3) is 0 Å². The minimum absolute atomic E-state index is 0.0318. The van der Waals surface area contributed by atoms with Crippen molar-refractivity contribution in [1.82, 2.24) is 0 Å². The van der Waals surface area contributed by atoms with E-state index in [0.717, 1.165) is 31.4 Å². The molecule has 1 fully saturated rings. The van der Waals surface area contributed by atoms with E-state index in [1.54, 1.807) is 0 Å². The molecule has 4 atom stereocenters. The highest BCUT2D eigenvalue weighted by Crippen LogP contribution is 2.43. The molecule has 35 heavy (non-hydrogen) atoms. The van der Waals surface area contributed by atoms with Crippen LogP contribution in [0.2, 0.25) is 36.3 Å². The van der Waals surface area contributed by atoms with E-state index in [1.165, 1.54) is 0 Å². The lowest BCUT2D eigenvalue weighted by atomic mass is 10.1. The van der Waals surface area contributed by atoms with E-state index in [1.807, 2.05) is 19.1 Å². The van der Waals surface area contributed by atoms with E-state index >= 15 is 0 Å². The lowest BCUT2D eigenvalue weighted by Crippen LogP contribution is -2.52. The summed E-state index contributed by atoms with van der Waals surface area (Å²) in [6, 6.07) is 0. The van der Waals surface area contributed by atoms with Gasteiger partial charge in [-0.1, -0.05) is 53.4 Å². The molecule has 1 N–H and O–H groups in total. The molecule has 0 saturated carbocycles. The Hall–Kier alpha value is -0.726. The average Bonchev–Trinajstić information content (AvgIpc) is 2.99. The number of allylic oxidation sites excluding steroid dienone is 1. The summed E-state index contributed by atoms with van der Waals surface area (Å²) in [6.45, 7) is 25.5. The molecule has 0 aromatic carbocycles. The van der Waals surface area contributed by atoms with Gasteiger partial charge in [-0.3, -0.25) is 0 Å². The normalized spacial score (nSPS) is 26.9. The van der Waals surface area contributed by atoms with Crippen molar-refractivity contribution >= 4 is 16.6 Å². The second-order valence-corrected chi connectivity index (χ2v) is 22.5. The number of ether oxygens (including phenoxy) is 2. The highest BCUT2D eigenvalue weighted by atomic mass is 28.4. The molecular formula is C28H50O5Si2. The maximum absolute atomic E-state index is 11.3. The largest absolute Gasteiger partial charge is 0.408 e. The van der Waals surface area contributed by atoms with Crippen LogP contribution in [0.15, 0.2) is 23.3 Å². The van der Waals surface area contributed by atoms with Gasteiger partial charge < -0.3 is 23.4 Å². The molecule has 0 radical (unpaired) electrons. The van der Waals surface area contributed by atoms with Crippen molar-refractivity contribution in [1.29, 1.82) is 0 Å². The Balaban J connectivity index is 2.20. The molecule has 0 aromatic heterocycles. The summed E-state index contributed by atoms with van der Waals surface area (Å²) in [4.78, 5) is 0. The van der Waals surface area contributed by atoms with Crippen molar-refractivity contribution < 1.29 is 23.4 Å². The van der Waals surface area contributed by atoms with Crippen LogP contribution in [0.3, 0.4) is 0 Å². The average molecular weight is 523 g/mol. The number of aliphatic hydroxyl groups is 1. The molecule has 200 valence electrons. The molecular weight excluding hydrogens is 472 g/mol. The van der Waals surface area contributed by atoms with Crippen molar-refractivity contribution in [3.05, 3.63) is 23.3 Å². The molecule has 0 amide bonds. The quantitative estimate of drug-likeness (QED) is 0.303. The van der Waals surface area contributed by atoms with E-state index in [-0.39, 0.29) is 22.5 Å². The zero-order valence-corrected chi connectivity index (χ0v) is 26.1. The maximum atomic E-state index is 11.3. The summed E-state index contributed by atoms with van der Waals surface area (Å²) >= 11 is 0. The highest BCUT2D eigenvalue weighted by molar-refractivity contribution is 6.74. The van der Waals surface area contributed by atoms with E-state index in [4.69, 9.17) is 18.3 Å². The van der Waals surface area contributed by atoms with Crippen LogP contribution < -0.4 is 0 Å². The summed E-state index contributed by atoms with van der Waals surface area (Å²) in [5.41, 5.74) is 1.59. The lowest BCUT2D eigenvalue weighted by molar-refractivity contribution is -0.155. The summed E-state index contributed by atoms with van der Waals surface area (Å²) in [5, 5.41) is 11.4. The van der Waals surface area contributed by atoms with Gasteiger partial charge in [0.05, 0.1) is 12.7 Å². The molecule has 1 heterocycles. The Labute approximate surface area is 216 Å². The Morgan fingerprint density at radius 2 is 1.66 bits per heavy atom. The molecule has 1 aliphatic heterocycles. The van der Waals surface area contributed by atoms with Gasteiger partial charge in [-0.05, 0) is 80.2 Å². The van der Waals surface area contributed by atoms with Gasteiger partial charge in [0, 0.05) is 12.2 Å². The molecule has 2 aliphatic rings. The Kier molecular flexibility index (Phi) is 10.3. The van der Waals surface area contributed by atoms with Gasteiger partial charge in [-0.15, -0.1) is 0 Å². The van der Waals surface area contributed by atoms with E-state index in [9.17, 15) is 5.11 Å². The topological polar surface area (TPSA) is 57.2 Å². The smallest absolute Gasteiger partial charge is 0.193 e. The Morgan fingerprint density at radius 1 is 1.06 bits per heavy atom. The van der Waals surface area contributed by atoms with Crippen molar-refractivity contribution in [3.63, 3.8) is 0 Å². The molecule has 0 bridgehead atoms. The zero-order chi connectivity index (χ0) is 26.7. The van der Waals surface area contributed by atoms with Gasteiger partial charge in [-0.25, -0.2) is 0 Å². The van der Waals surface area contributed by atoms with Crippen LogP contribution in [0.4, 0.5) is 0 Å². The van der Waals surface area contributed by atoms with Gasteiger partial charge in [0.15, 0.2) is 22.9 Å². The van der Waals surface area contributed by atoms with E-state index < -0.39 is 28.8 Å². The zero-order valence-electron chi connectivity index (χ0n) is 24.1. The molecule has 1 saturated heterocycles. The molecule has 7 heteroatoms. The molecule has 2 rings (SSSR count). The van der Waals surface area contributed by atoms with Crippen molar-refractivity contribution in [2.24, 2.45) is 0 Å². The third-order valence-corrected chi connectivity index (χ3v) is 16.9. The Morgan fingerprint density at radius 3 is 2.20 bits per heavy atom. The second kappa shape index (κ2) is 11.8. The number of rotatable bonds is 7. The van der Waals surface area contributed by atoms with Crippen LogP contribution in [0, 0.1) is 11.8 Å². The van der Waals surface area contributed by atoms with Crippen molar-refractivity contribution in [2.75, 3.05) is 13.2 Å². The minimum Gasteiger partial charge on any atom is -0.408 e. The van der Waals surface area contributed by atoms with Gasteiger partial charge >= 0.3 is 0 Å². The third-order valence-electron chi connectivity index (χ3n) is 7.98. The lowest BCUT2D eigenvalue weighted by Gasteiger charge is -2.43. The summed E-state index contributed by atoms with van der Waals surface area (Å²) in [5.74, 6) is 6.40. The van der Waals surface area contributed by atoms with Crippen molar-refractivity contribution in [2.45, 2.75) is 129 Å². The Bertz CT molecular complexity index is 830. The first-order valence-corrected chi connectivity index (χ1v) is 18.9. The first kappa shape index (κ1) is 30.5. The molecule has 5 nitrogen and oxygen atoms in total. The van der Waals surface area contributed by atoms with Gasteiger partial charge in [0.2, 0.25) is 0 Å². The first-order chi connectivity index (χ1) is 15.9. The van der Waals surface area contributed by atoms with Crippen molar-refractivity contribution in [3.8, 4) is 11.8 Å². The van der Waals surface area contributed by atoms with E-state index in [2.05, 4.69) is 79.6 Å². The highest BCUT2D eigenvalue weighted by Gasteiger charge is 2.48. The number of hydrogen-bond acceptors (Lipinski definition) is 5. The fourth-order valence-corrected chi connectivity index (χ4v) is 5.99. The van der Waals surface area contributed by atoms with Crippen LogP contribution in [-0.2, 0) is 18.3 Å². The maximum Gasteiger partial charge on any atom is 0.193 e. The third kappa shape index (κ3) is 8.39. The predicted octanol–water partition coefficient (Wildman–Crippen LogP) is 6.56.